The first kappa shape index (κ1) is 17.6. The van der Waals surface area contributed by atoms with Crippen LogP contribution in [-0.2, 0) is 4.79 Å². The van der Waals surface area contributed by atoms with E-state index in [1.165, 1.54) is 22.9 Å². The monoisotopic (exact) mass is 347 g/mol. The molecule has 0 aliphatic carbocycles. The molecule has 1 fully saturated rings. The number of pyridine rings is 1. The van der Waals surface area contributed by atoms with Gasteiger partial charge in [-0.2, -0.15) is 13.2 Å². The average molecular weight is 347 g/mol. The summed E-state index contributed by atoms with van der Waals surface area (Å²) in [5.41, 5.74) is 0.318. The topological polar surface area (TPSA) is 62.3 Å². The molecule has 1 aromatic rings. The Labute approximate surface area is 135 Å². The molecule has 0 radical (unpaired) electrons. The van der Waals surface area contributed by atoms with Crippen LogP contribution in [0.3, 0.4) is 0 Å². The van der Waals surface area contributed by atoms with Crippen LogP contribution in [0.1, 0.15) is 23.2 Å². The van der Waals surface area contributed by atoms with Gasteiger partial charge in [0.2, 0.25) is 5.91 Å². The summed E-state index contributed by atoms with van der Waals surface area (Å²) >= 11 is 1.43. The molecule has 9 heteroatoms. The highest BCUT2D eigenvalue weighted by atomic mass is 32.2. The molecular formula is C14H16F3N3O2S. The molecule has 126 valence electrons. The Morgan fingerprint density at radius 3 is 2.74 bits per heavy atom. The van der Waals surface area contributed by atoms with Crippen LogP contribution in [0.25, 0.3) is 0 Å². The van der Waals surface area contributed by atoms with Crippen LogP contribution in [0.5, 0.6) is 0 Å². The van der Waals surface area contributed by atoms with Crippen molar-refractivity contribution in [3.05, 3.63) is 23.9 Å². The fourth-order valence-corrected chi connectivity index (χ4v) is 2.74. The number of hydrogen-bond donors (Lipinski definition) is 1. The minimum absolute atomic E-state index is 0.318. The Morgan fingerprint density at radius 2 is 2.17 bits per heavy atom. The van der Waals surface area contributed by atoms with Crippen molar-refractivity contribution in [2.75, 3.05) is 19.3 Å². The first-order valence-corrected chi connectivity index (χ1v) is 8.20. The summed E-state index contributed by atoms with van der Waals surface area (Å²) in [5, 5.41) is 2.59. The third-order valence-electron chi connectivity index (χ3n) is 3.47. The summed E-state index contributed by atoms with van der Waals surface area (Å²) < 4.78 is 36.6. The maximum Gasteiger partial charge on any atom is 0.405 e. The molecule has 0 unspecified atom stereocenters. The minimum Gasteiger partial charge on any atom is -0.345 e. The van der Waals surface area contributed by atoms with Crippen LogP contribution in [0.2, 0.25) is 0 Å². The lowest BCUT2D eigenvalue weighted by molar-refractivity contribution is -0.140. The van der Waals surface area contributed by atoms with Crippen LogP contribution in [0.4, 0.5) is 13.2 Å². The Bertz CT molecular complexity index is 578. The van der Waals surface area contributed by atoms with Gasteiger partial charge in [0.15, 0.2) is 0 Å². The number of carbonyl (C=O) groups excluding carboxylic acids is 2. The molecule has 0 aromatic carbocycles. The van der Waals surface area contributed by atoms with Crippen molar-refractivity contribution >= 4 is 23.6 Å². The number of thioether (sulfide) groups is 1. The lowest BCUT2D eigenvalue weighted by Crippen LogP contribution is -2.48. The van der Waals surface area contributed by atoms with Gasteiger partial charge in [-0.05, 0) is 31.2 Å². The quantitative estimate of drug-likeness (QED) is 0.847. The molecular weight excluding hydrogens is 331 g/mol. The predicted molar refractivity (Wildman–Crippen MR) is 79.1 cm³/mol. The Hall–Kier alpha value is -1.77. The van der Waals surface area contributed by atoms with Crippen molar-refractivity contribution in [2.45, 2.75) is 30.1 Å². The molecule has 1 aromatic heterocycles. The summed E-state index contributed by atoms with van der Waals surface area (Å²) in [6.45, 7) is -1.05. The van der Waals surface area contributed by atoms with Crippen molar-refractivity contribution in [3.63, 3.8) is 0 Å². The van der Waals surface area contributed by atoms with E-state index >= 15 is 0 Å². The molecule has 5 nitrogen and oxygen atoms in total. The van der Waals surface area contributed by atoms with Gasteiger partial charge in [-0.3, -0.25) is 9.59 Å². The molecule has 2 amide bonds. The van der Waals surface area contributed by atoms with Crippen molar-refractivity contribution in [3.8, 4) is 0 Å². The zero-order chi connectivity index (χ0) is 17.0. The van der Waals surface area contributed by atoms with E-state index in [0.717, 1.165) is 5.03 Å². The fraction of sp³-hybridized carbons (Fsp3) is 0.500. The second kappa shape index (κ2) is 7.20. The summed E-state index contributed by atoms with van der Waals surface area (Å²) in [6, 6.07) is 2.42. The number of rotatable bonds is 4. The lowest BCUT2D eigenvalue weighted by Gasteiger charge is -2.24. The number of amides is 2. The maximum atomic E-state index is 12.4. The summed E-state index contributed by atoms with van der Waals surface area (Å²) in [4.78, 5) is 29.8. The zero-order valence-electron chi connectivity index (χ0n) is 12.4. The molecule has 0 saturated carbocycles. The molecule has 1 atom stereocenters. The second-order valence-electron chi connectivity index (χ2n) is 5.08. The largest absolute Gasteiger partial charge is 0.405 e. The van der Waals surface area contributed by atoms with Gasteiger partial charge in [-0.25, -0.2) is 4.98 Å². The van der Waals surface area contributed by atoms with Crippen molar-refractivity contribution in [2.24, 2.45) is 0 Å². The smallest absolute Gasteiger partial charge is 0.345 e. The van der Waals surface area contributed by atoms with E-state index in [4.69, 9.17) is 0 Å². The molecule has 0 bridgehead atoms. The molecule has 1 saturated heterocycles. The third kappa shape index (κ3) is 4.60. The molecule has 1 aliphatic heterocycles. The molecule has 1 aliphatic rings. The number of hydrogen-bond acceptors (Lipinski definition) is 4. The lowest BCUT2D eigenvalue weighted by atomic mass is 10.2. The van der Waals surface area contributed by atoms with Crippen molar-refractivity contribution < 1.29 is 22.8 Å². The van der Waals surface area contributed by atoms with E-state index in [9.17, 15) is 22.8 Å². The molecule has 2 rings (SSSR count). The van der Waals surface area contributed by atoms with Crippen LogP contribution < -0.4 is 5.32 Å². The van der Waals surface area contributed by atoms with Gasteiger partial charge in [0.1, 0.15) is 12.6 Å². The summed E-state index contributed by atoms with van der Waals surface area (Å²) in [7, 11) is 0. The maximum absolute atomic E-state index is 12.4. The van der Waals surface area contributed by atoms with Crippen LogP contribution in [0.15, 0.2) is 23.4 Å². The summed E-state index contributed by atoms with van der Waals surface area (Å²) in [5.74, 6) is -1.17. The first-order valence-electron chi connectivity index (χ1n) is 6.97. The van der Waals surface area contributed by atoms with E-state index in [2.05, 4.69) is 4.98 Å². The van der Waals surface area contributed by atoms with Gasteiger partial charge in [-0.1, -0.05) is 0 Å². The SMILES string of the molecule is CSc1ccc(C(=O)N2CCC[C@@H]2C(=O)NCC(F)(F)F)cn1. The number of alkyl halides is 3. The van der Waals surface area contributed by atoms with Gasteiger partial charge in [0.25, 0.3) is 5.91 Å². The zero-order valence-corrected chi connectivity index (χ0v) is 13.2. The molecule has 2 heterocycles. The Morgan fingerprint density at radius 1 is 1.43 bits per heavy atom. The fourth-order valence-electron chi connectivity index (χ4n) is 2.38. The number of likely N-dealkylation sites (tertiary alicyclic amines) is 1. The second-order valence-corrected chi connectivity index (χ2v) is 5.91. The van der Waals surface area contributed by atoms with Gasteiger partial charge in [0, 0.05) is 12.7 Å². The number of nitrogens with zero attached hydrogens (tertiary/aromatic N) is 2. The number of halogens is 3. The molecule has 0 spiro atoms. The van der Waals surface area contributed by atoms with E-state index in [-0.39, 0.29) is 0 Å². The van der Waals surface area contributed by atoms with Crippen molar-refractivity contribution in [1.29, 1.82) is 0 Å². The minimum atomic E-state index is -4.47. The highest BCUT2D eigenvalue weighted by Gasteiger charge is 2.36. The van der Waals surface area contributed by atoms with Gasteiger partial charge < -0.3 is 10.2 Å². The average Bonchev–Trinajstić information content (AvgIpc) is 3.01. The van der Waals surface area contributed by atoms with E-state index in [1.54, 1.807) is 12.1 Å². The van der Waals surface area contributed by atoms with Crippen molar-refractivity contribution in [1.82, 2.24) is 15.2 Å². The predicted octanol–water partition coefficient (Wildman–Crippen LogP) is 2.09. The normalized spacial score (nSPS) is 18.1. The standard InChI is InChI=1S/C14H16F3N3O2S/c1-23-11-5-4-9(7-18-11)13(22)20-6-2-3-10(20)12(21)19-8-14(15,16)17/h4-5,7,10H,2-3,6,8H2,1H3,(H,19,21)/t10-/m1/s1. The highest BCUT2D eigenvalue weighted by Crippen LogP contribution is 2.21. The van der Waals surface area contributed by atoms with E-state index in [0.29, 0.717) is 24.9 Å². The third-order valence-corrected chi connectivity index (χ3v) is 4.13. The number of nitrogens with one attached hydrogen (secondary N) is 1. The van der Waals surface area contributed by atoms with Gasteiger partial charge in [0.05, 0.1) is 10.6 Å². The Balaban J connectivity index is 2.05. The van der Waals surface area contributed by atoms with Crippen LogP contribution >= 0.6 is 11.8 Å². The van der Waals surface area contributed by atoms with Gasteiger partial charge >= 0.3 is 6.18 Å². The Kier molecular flexibility index (Phi) is 5.51. The number of aromatic nitrogens is 1. The highest BCUT2D eigenvalue weighted by molar-refractivity contribution is 7.98. The van der Waals surface area contributed by atoms with Gasteiger partial charge in [-0.15, -0.1) is 11.8 Å². The van der Waals surface area contributed by atoms with Crippen LogP contribution in [-0.4, -0.2) is 53.3 Å². The van der Waals surface area contributed by atoms with E-state index in [1.807, 2.05) is 11.6 Å². The van der Waals surface area contributed by atoms with Crippen LogP contribution in [0, 0.1) is 0 Å². The molecule has 23 heavy (non-hydrogen) atoms. The number of carbonyl (C=O) groups is 2. The molecule has 1 N–H and O–H groups in total. The summed E-state index contributed by atoms with van der Waals surface area (Å²) in [6.07, 6.45) is -0.277. The van der Waals surface area contributed by atoms with E-state index < -0.39 is 30.6 Å². The first-order chi connectivity index (χ1) is 10.8.